The van der Waals surface area contributed by atoms with Gasteiger partial charge in [0.25, 0.3) is 5.78 Å². The molecule has 1 amide bonds. The van der Waals surface area contributed by atoms with Gasteiger partial charge < -0.3 is 4.90 Å². The van der Waals surface area contributed by atoms with Gasteiger partial charge in [-0.1, -0.05) is 18.7 Å². The topological polar surface area (TPSA) is 63.4 Å². The number of nitrogens with zero attached hydrogens (tertiary/aromatic N) is 5. The second-order valence-electron chi connectivity index (χ2n) is 5.53. The predicted molar refractivity (Wildman–Crippen MR) is 81.1 cm³/mol. The summed E-state index contributed by atoms with van der Waals surface area (Å²) in [5.74, 6) is 1.47. The van der Waals surface area contributed by atoms with Crippen LogP contribution in [0.1, 0.15) is 26.7 Å². The monoisotopic (exact) mass is 305 g/mol. The van der Waals surface area contributed by atoms with E-state index in [0.29, 0.717) is 10.9 Å². The van der Waals surface area contributed by atoms with Crippen LogP contribution in [-0.2, 0) is 4.79 Å². The summed E-state index contributed by atoms with van der Waals surface area (Å²) < 4.78 is 1.63. The second-order valence-corrected chi connectivity index (χ2v) is 6.83. The fourth-order valence-electron chi connectivity index (χ4n) is 2.46. The molecule has 7 heteroatoms. The number of hydrogen-bond donors (Lipinski definition) is 0. The molecule has 3 rings (SSSR count). The number of amides is 1. The maximum Gasteiger partial charge on any atom is 0.253 e. The Morgan fingerprint density at radius 3 is 2.90 bits per heavy atom. The highest BCUT2D eigenvalue weighted by Gasteiger charge is 2.26. The molecule has 1 saturated heterocycles. The van der Waals surface area contributed by atoms with Gasteiger partial charge in [0.1, 0.15) is 0 Å². The van der Waals surface area contributed by atoms with Crippen molar-refractivity contribution < 1.29 is 4.79 Å². The van der Waals surface area contributed by atoms with Crippen LogP contribution in [0.5, 0.6) is 0 Å². The van der Waals surface area contributed by atoms with E-state index in [1.807, 2.05) is 11.8 Å². The first-order valence-electron chi connectivity index (χ1n) is 7.26. The largest absolute Gasteiger partial charge is 0.342 e. The van der Waals surface area contributed by atoms with Crippen molar-refractivity contribution >= 4 is 23.4 Å². The van der Waals surface area contributed by atoms with Crippen LogP contribution in [0.4, 0.5) is 0 Å². The number of thioether (sulfide) groups is 1. The van der Waals surface area contributed by atoms with Gasteiger partial charge in [0, 0.05) is 25.5 Å². The van der Waals surface area contributed by atoms with Crippen LogP contribution in [0.25, 0.3) is 5.78 Å². The smallest absolute Gasteiger partial charge is 0.253 e. The molecule has 0 bridgehead atoms. The summed E-state index contributed by atoms with van der Waals surface area (Å²) in [5.41, 5.74) is 0. The van der Waals surface area contributed by atoms with Gasteiger partial charge in [-0.05, 0) is 31.7 Å². The number of piperidine rings is 1. The Kier molecular flexibility index (Phi) is 4.10. The second kappa shape index (κ2) is 6.01. The van der Waals surface area contributed by atoms with Crippen LogP contribution in [0.15, 0.2) is 23.6 Å². The number of hydrogen-bond acceptors (Lipinski definition) is 5. The van der Waals surface area contributed by atoms with E-state index >= 15 is 0 Å². The van der Waals surface area contributed by atoms with Crippen molar-refractivity contribution in [2.45, 2.75) is 37.1 Å². The third-order valence-electron chi connectivity index (χ3n) is 3.82. The zero-order chi connectivity index (χ0) is 14.8. The molecular weight excluding hydrogens is 286 g/mol. The lowest BCUT2D eigenvalue weighted by Crippen LogP contribution is -2.41. The zero-order valence-corrected chi connectivity index (χ0v) is 13.1. The third-order valence-corrected chi connectivity index (χ3v) is 4.76. The highest BCUT2D eigenvalue weighted by atomic mass is 32.2. The van der Waals surface area contributed by atoms with Gasteiger partial charge in [0.15, 0.2) is 0 Å². The summed E-state index contributed by atoms with van der Waals surface area (Å²) >= 11 is 1.40. The molecule has 21 heavy (non-hydrogen) atoms. The van der Waals surface area contributed by atoms with Crippen LogP contribution >= 0.6 is 11.8 Å². The van der Waals surface area contributed by atoms with Crippen LogP contribution in [0.3, 0.4) is 0 Å². The number of rotatable bonds is 3. The van der Waals surface area contributed by atoms with E-state index < -0.39 is 0 Å². The molecule has 1 atom stereocenters. The van der Waals surface area contributed by atoms with Gasteiger partial charge in [-0.3, -0.25) is 4.79 Å². The summed E-state index contributed by atoms with van der Waals surface area (Å²) in [7, 11) is 0. The lowest BCUT2D eigenvalue weighted by atomic mass is 9.99. The molecule has 2 aromatic rings. The minimum absolute atomic E-state index is 0.171. The number of carbonyl (C=O) groups is 1. The Hall–Kier alpha value is -1.63. The van der Waals surface area contributed by atoms with Crippen molar-refractivity contribution in [2.24, 2.45) is 5.92 Å². The molecule has 112 valence electrons. The van der Waals surface area contributed by atoms with E-state index in [4.69, 9.17) is 0 Å². The maximum atomic E-state index is 12.5. The minimum Gasteiger partial charge on any atom is -0.342 e. The molecule has 1 aliphatic heterocycles. The highest BCUT2D eigenvalue weighted by molar-refractivity contribution is 8.00. The molecule has 0 N–H and O–H groups in total. The van der Waals surface area contributed by atoms with Gasteiger partial charge in [-0.25, -0.2) is 9.50 Å². The van der Waals surface area contributed by atoms with E-state index in [9.17, 15) is 4.79 Å². The van der Waals surface area contributed by atoms with E-state index in [-0.39, 0.29) is 11.2 Å². The quantitative estimate of drug-likeness (QED) is 0.810. The van der Waals surface area contributed by atoms with Crippen LogP contribution < -0.4 is 0 Å². The van der Waals surface area contributed by atoms with E-state index in [1.54, 1.807) is 23.0 Å². The van der Waals surface area contributed by atoms with Crippen molar-refractivity contribution in [3.8, 4) is 0 Å². The standard InChI is InChI=1S/C14H19N5OS/c1-10-4-8-18(9-5-10)12(20)11(2)21-14-16-13-15-6-3-7-19(13)17-14/h3,6-7,10-11H,4-5,8-9H2,1-2H3. The fourth-order valence-corrected chi connectivity index (χ4v) is 3.29. The zero-order valence-electron chi connectivity index (χ0n) is 12.3. The van der Waals surface area contributed by atoms with Crippen molar-refractivity contribution in [3.05, 3.63) is 18.5 Å². The molecule has 2 aromatic heterocycles. The molecule has 0 aromatic carbocycles. The molecule has 3 heterocycles. The summed E-state index contributed by atoms with van der Waals surface area (Å²) in [5, 5.41) is 4.75. The SMILES string of the molecule is CC1CCN(C(=O)C(C)Sc2nc3ncccn3n2)CC1. The average molecular weight is 305 g/mol. The molecule has 6 nitrogen and oxygen atoms in total. The van der Waals surface area contributed by atoms with Crippen LogP contribution in [-0.4, -0.2) is 48.7 Å². The van der Waals surface area contributed by atoms with E-state index in [1.165, 1.54) is 11.8 Å². The molecule has 0 saturated carbocycles. The highest BCUT2D eigenvalue weighted by Crippen LogP contribution is 2.24. The van der Waals surface area contributed by atoms with Crippen molar-refractivity contribution in [3.63, 3.8) is 0 Å². The van der Waals surface area contributed by atoms with Crippen LogP contribution in [0.2, 0.25) is 0 Å². The first kappa shape index (κ1) is 14.3. The van der Waals surface area contributed by atoms with Crippen molar-refractivity contribution in [2.75, 3.05) is 13.1 Å². The maximum absolute atomic E-state index is 12.5. The molecule has 1 unspecified atom stereocenters. The fraction of sp³-hybridized carbons (Fsp3) is 0.571. The Balaban J connectivity index is 1.65. The van der Waals surface area contributed by atoms with E-state index in [0.717, 1.165) is 31.8 Å². The van der Waals surface area contributed by atoms with Gasteiger partial charge in [0.2, 0.25) is 11.1 Å². The van der Waals surface area contributed by atoms with Gasteiger partial charge >= 0.3 is 0 Å². The molecule has 0 spiro atoms. The lowest BCUT2D eigenvalue weighted by Gasteiger charge is -2.31. The first-order valence-corrected chi connectivity index (χ1v) is 8.14. The summed E-state index contributed by atoms with van der Waals surface area (Å²) in [6.07, 6.45) is 5.68. The first-order chi connectivity index (χ1) is 10.1. The Labute approximate surface area is 128 Å². The Bertz CT molecular complexity index is 602. The molecule has 0 aliphatic carbocycles. The normalized spacial score (nSPS) is 18.1. The molecule has 0 radical (unpaired) electrons. The lowest BCUT2D eigenvalue weighted by molar-refractivity contribution is -0.131. The molecular formula is C14H19N5OS. The minimum atomic E-state index is -0.171. The van der Waals surface area contributed by atoms with Crippen LogP contribution in [0, 0.1) is 5.92 Å². The van der Waals surface area contributed by atoms with Crippen molar-refractivity contribution in [1.82, 2.24) is 24.5 Å². The number of carbonyl (C=O) groups excluding carboxylic acids is 1. The number of likely N-dealkylation sites (tertiary alicyclic amines) is 1. The summed E-state index contributed by atoms with van der Waals surface area (Å²) in [6.45, 7) is 5.90. The van der Waals surface area contributed by atoms with Gasteiger partial charge in [-0.2, -0.15) is 4.98 Å². The average Bonchev–Trinajstić information content (AvgIpc) is 2.89. The third kappa shape index (κ3) is 3.18. The summed E-state index contributed by atoms with van der Waals surface area (Å²) in [6, 6.07) is 1.81. The number of aromatic nitrogens is 4. The Morgan fingerprint density at radius 2 is 2.19 bits per heavy atom. The van der Waals surface area contributed by atoms with Crippen molar-refractivity contribution in [1.29, 1.82) is 0 Å². The molecule has 1 aliphatic rings. The number of fused-ring (bicyclic) bond motifs is 1. The van der Waals surface area contributed by atoms with E-state index in [2.05, 4.69) is 22.0 Å². The van der Waals surface area contributed by atoms with Gasteiger partial charge in [0.05, 0.1) is 5.25 Å². The predicted octanol–water partition coefficient (Wildman–Crippen LogP) is 1.86. The van der Waals surface area contributed by atoms with Gasteiger partial charge in [-0.15, -0.1) is 5.10 Å². The summed E-state index contributed by atoms with van der Waals surface area (Å²) in [4.78, 5) is 22.9. The molecule has 1 fully saturated rings. The Morgan fingerprint density at radius 1 is 1.43 bits per heavy atom.